The Hall–Kier alpha value is -3.68. The number of imide groups is 1. The summed E-state index contributed by atoms with van der Waals surface area (Å²) in [7, 11) is 2.75. The second-order valence-corrected chi connectivity index (χ2v) is 7.57. The molecule has 0 radical (unpaired) electrons. The number of carbonyl (C=O) groups excluding carboxylic acids is 2. The molecule has 3 amide bonds. The molecule has 0 aliphatic carbocycles. The summed E-state index contributed by atoms with van der Waals surface area (Å²) >= 11 is 0. The van der Waals surface area contributed by atoms with E-state index in [9.17, 15) is 41.0 Å². The molecule has 2 aromatic carbocycles. The standard InChI is InChI=1S/C22H20F6N2O6/c1-34-16-5-3-4-11(18(16)35-2)9-29-19(32)30-15(10-31)17(36-20(30)33)12-6-13(21(23,24)25)8-14(7-12)22(26,27)28/h3-8,15,17,31H,9-10H2,1-2H3,(H,29,32)/t15-,17+/m0/s1. The number of hydrogen-bond acceptors (Lipinski definition) is 6. The Labute approximate surface area is 200 Å². The molecule has 1 saturated heterocycles. The summed E-state index contributed by atoms with van der Waals surface area (Å²) in [4.78, 5) is 25.6. The van der Waals surface area contributed by atoms with E-state index >= 15 is 0 Å². The quantitative estimate of drug-likeness (QED) is 0.543. The van der Waals surface area contributed by atoms with Crippen LogP contribution in [0.3, 0.4) is 0 Å². The van der Waals surface area contributed by atoms with E-state index in [1.54, 1.807) is 18.2 Å². The van der Waals surface area contributed by atoms with Gasteiger partial charge in [0.05, 0.1) is 32.0 Å². The van der Waals surface area contributed by atoms with Crippen molar-refractivity contribution in [2.75, 3.05) is 20.8 Å². The SMILES string of the molecule is COc1cccc(CNC(=O)N2C(=O)O[C@H](c3cc(C(F)(F)F)cc(C(F)(F)F)c3)[C@@H]2CO)c1OC. The summed E-state index contributed by atoms with van der Waals surface area (Å²) in [5.41, 5.74) is -3.52. The number of aliphatic hydroxyl groups excluding tert-OH is 1. The van der Waals surface area contributed by atoms with Gasteiger partial charge < -0.3 is 24.6 Å². The van der Waals surface area contributed by atoms with Crippen LogP contribution in [0.25, 0.3) is 0 Å². The molecule has 0 unspecified atom stereocenters. The van der Waals surface area contributed by atoms with E-state index in [4.69, 9.17) is 14.2 Å². The van der Waals surface area contributed by atoms with Crippen molar-refractivity contribution in [3.05, 3.63) is 58.7 Å². The number of para-hydroxylation sites is 1. The molecule has 0 spiro atoms. The van der Waals surface area contributed by atoms with Gasteiger partial charge >= 0.3 is 24.5 Å². The summed E-state index contributed by atoms with van der Waals surface area (Å²) < 4.78 is 94.8. The Morgan fingerprint density at radius 1 is 1.06 bits per heavy atom. The van der Waals surface area contributed by atoms with Gasteiger partial charge in [-0.05, 0) is 29.8 Å². The fourth-order valence-electron chi connectivity index (χ4n) is 3.71. The fourth-order valence-corrected chi connectivity index (χ4v) is 3.71. The van der Waals surface area contributed by atoms with Crippen LogP contribution in [0, 0.1) is 0 Å². The van der Waals surface area contributed by atoms with Gasteiger partial charge in [0.2, 0.25) is 0 Å². The van der Waals surface area contributed by atoms with Crippen molar-refractivity contribution >= 4 is 12.1 Å². The van der Waals surface area contributed by atoms with Crippen molar-refractivity contribution in [1.82, 2.24) is 10.2 Å². The minimum absolute atomic E-state index is 0.0831. The van der Waals surface area contributed by atoms with Gasteiger partial charge in [-0.2, -0.15) is 26.3 Å². The van der Waals surface area contributed by atoms with Gasteiger partial charge in [-0.3, -0.25) is 0 Å². The molecule has 1 aliphatic rings. The number of halogens is 6. The maximum absolute atomic E-state index is 13.2. The van der Waals surface area contributed by atoms with Crippen LogP contribution in [0.5, 0.6) is 11.5 Å². The Balaban J connectivity index is 1.89. The minimum atomic E-state index is -5.14. The number of hydrogen-bond donors (Lipinski definition) is 2. The van der Waals surface area contributed by atoms with Gasteiger partial charge in [0.25, 0.3) is 0 Å². The number of ether oxygens (including phenoxy) is 3. The van der Waals surface area contributed by atoms with Crippen LogP contribution in [-0.2, 0) is 23.6 Å². The van der Waals surface area contributed by atoms with Gasteiger partial charge in [0, 0.05) is 12.1 Å². The summed E-state index contributed by atoms with van der Waals surface area (Å²) in [6, 6.07) is 2.74. The van der Waals surface area contributed by atoms with E-state index in [0.717, 1.165) is 0 Å². The zero-order chi connectivity index (χ0) is 26.8. The molecule has 8 nitrogen and oxygen atoms in total. The van der Waals surface area contributed by atoms with Crippen LogP contribution < -0.4 is 14.8 Å². The minimum Gasteiger partial charge on any atom is -0.493 e. The molecule has 3 rings (SSSR count). The lowest BCUT2D eigenvalue weighted by molar-refractivity contribution is -0.143. The number of nitrogens with one attached hydrogen (secondary N) is 1. The van der Waals surface area contributed by atoms with E-state index in [1.165, 1.54) is 14.2 Å². The Bertz CT molecular complexity index is 1100. The van der Waals surface area contributed by atoms with Crippen molar-refractivity contribution in [3.8, 4) is 11.5 Å². The molecule has 0 bridgehead atoms. The highest BCUT2D eigenvalue weighted by atomic mass is 19.4. The molecule has 1 aliphatic heterocycles. The molecular formula is C22H20F6N2O6. The van der Waals surface area contributed by atoms with Crippen molar-refractivity contribution in [2.24, 2.45) is 0 Å². The van der Waals surface area contributed by atoms with E-state index in [2.05, 4.69) is 5.32 Å². The molecule has 2 aromatic rings. The third kappa shape index (κ3) is 5.42. The van der Waals surface area contributed by atoms with E-state index in [0.29, 0.717) is 28.3 Å². The second kappa shape index (κ2) is 10.1. The Morgan fingerprint density at radius 3 is 2.17 bits per heavy atom. The van der Waals surface area contributed by atoms with E-state index in [-0.39, 0.29) is 18.4 Å². The van der Waals surface area contributed by atoms with Gasteiger partial charge in [0.15, 0.2) is 17.6 Å². The van der Waals surface area contributed by atoms with Crippen molar-refractivity contribution in [1.29, 1.82) is 0 Å². The normalized spacial score (nSPS) is 18.1. The molecule has 2 atom stereocenters. The number of benzene rings is 2. The number of amides is 3. The number of urea groups is 1. The van der Waals surface area contributed by atoms with Crippen LogP contribution in [-0.4, -0.2) is 49.0 Å². The van der Waals surface area contributed by atoms with Gasteiger partial charge in [-0.15, -0.1) is 0 Å². The van der Waals surface area contributed by atoms with Crippen LogP contribution in [0.4, 0.5) is 35.9 Å². The lowest BCUT2D eigenvalue weighted by Gasteiger charge is -2.23. The smallest absolute Gasteiger partial charge is 0.419 e. The molecule has 196 valence electrons. The van der Waals surface area contributed by atoms with Gasteiger partial charge in [-0.25, -0.2) is 14.5 Å². The van der Waals surface area contributed by atoms with Crippen LogP contribution in [0.15, 0.2) is 36.4 Å². The first-order valence-electron chi connectivity index (χ1n) is 10.2. The summed E-state index contributed by atoms with van der Waals surface area (Å²) in [6.45, 7) is -1.20. The maximum Gasteiger partial charge on any atom is 0.419 e. The molecule has 1 fully saturated rings. The monoisotopic (exact) mass is 522 g/mol. The number of cyclic esters (lactones) is 1. The number of carbonyl (C=O) groups is 2. The van der Waals surface area contributed by atoms with Crippen LogP contribution >= 0.6 is 0 Å². The summed E-state index contributed by atoms with van der Waals surface area (Å²) in [5.74, 6) is 0.632. The first kappa shape index (κ1) is 26.9. The largest absolute Gasteiger partial charge is 0.493 e. The lowest BCUT2D eigenvalue weighted by atomic mass is 9.97. The zero-order valence-electron chi connectivity index (χ0n) is 18.7. The number of alkyl halides is 6. The molecule has 14 heteroatoms. The number of methoxy groups -OCH3 is 2. The van der Waals surface area contributed by atoms with Gasteiger partial charge in [0.1, 0.15) is 6.04 Å². The van der Waals surface area contributed by atoms with Crippen molar-refractivity contribution in [2.45, 2.75) is 31.0 Å². The number of nitrogens with zero attached hydrogens (tertiary/aromatic N) is 1. The topological polar surface area (TPSA) is 97.3 Å². The third-order valence-electron chi connectivity index (χ3n) is 5.36. The zero-order valence-corrected chi connectivity index (χ0v) is 18.7. The molecular weight excluding hydrogens is 502 g/mol. The van der Waals surface area contributed by atoms with Crippen molar-refractivity contribution in [3.63, 3.8) is 0 Å². The number of rotatable bonds is 6. The highest BCUT2D eigenvalue weighted by Gasteiger charge is 2.47. The molecule has 36 heavy (non-hydrogen) atoms. The van der Waals surface area contributed by atoms with Crippen LogP contribution in [0.2, 0.25) is 0 Å². The first-order chi connectivity index (χ1) is 16.8. The Morgan fingerprint density at radius 2 is 1.67 bits per heavy atom. The first-order valence-corrected chi connectivity index (χ1v) is 10.2. The van der Waals surface area contributed by atoms with E-state index < -0.39 is 59.9 Å². The average Bonchev–Trinajstić information content (AvgIpc) is 3.16. The molecule has 2 N–H and O–H groups in total. The molecule has 0 saturated carbocycles. The highest BCUT2D eigenvalue weighted by Crippen LogP contribution is 2.41. The summed E-state index contributed by atoms with van der Waals surface area (Å²) in [5, 5.41) is 12.2. The predicted octanol–water partition coefficient (Wildman–Crippen LogP) is 4.51. The van der Waals surface area contributed by atoms with Gasteiger partial charge in [-0.1, -0.05) is 12.1 Å². The van der Waals surface area contributed by atoms with Crippen molar-refractivity contribution < 1.29 is 55.2 Å². The maximum atomic E-state index is 13.2. The second-order valence-electron chi connectivity index (χ2n) is 7.57. The molecule has 0 aromatic heterocycles. The Kier molecular flexibility index (Phi) is 7.57. The number of aliphatic hydroxyl groups is 1. The summed E-state index contributed by atoms with van der Waals surface area (Å²) in [6.07, 6.45) is -13.4. The predicted molar refractivity (Wildman–Crippen MR) is 110 cm³/mol. The highest BCUT2D eigenvalue weighted by molar-refractivity contribution is 5.93. The molecule has 1 heterocycles. The van der Waals surface area contributed by atoms with E-state index in [1.807, 2.05) is 0 Å². The van der Waals surface area contributed by atoms with Crippen LogP contribution in [0.1, 0.15) is 28.4 Å². The fraction of sp³-hybridized carbons (Fsp3) is 0.364. The third-order valence-corrected chi connectivity index (χ3v) is 5.36. The lowest BCUT2D eigenvalue weighted by Crippen LogP contribution is -2.47. The average molecular weight is 522 g/mol.